The Morgan fingerprint density at radius 2 is 2.15 bits per heavy atom. The molecule has 0 aliphatic heterocycles. The molecule has 0 amide bonds. The molecule has 0 aliphatic rings. The maximum atomic E-state index is 10.5. The Kier molecular flexibility index (Phi) is 3.71. The van der Waals surface area contributed by atoms with Crippen LogP contribution >= 0.6 is 45.2 Å². The third-order valence-corrected chi connectivity index (χ3v) is 4.50. The quantitative estimate of drug-likeness (QED) is 0.594. The number of aromatic nitrogens is 1. The summed E-state index contributed by atoms with van der Waals surface area (Å²) in [6, 6.07) is 0. The average Bonchev–Trinajstić information content (AvgIpc) is 2.31. The molecule has 6 heteroatoms. The number of aldehydes is 1. The number of carbonyl (C=O) groups excluding carboxylic acids is 1. The van der Waals surface area contributed by atoms with Crippen molar-refractivity contribution in [3.63, 3.8) is 0 Å². The van der Waals surface area contributed by atoms with E-state index in [-0.39, 0.29) is 6.42 Å². The van der Waals surface area contributed by atoms with E-state index in [0.29, 0.717) is 17.5 Å². The monoisotopic (exact) mass is 405 g/mol. The van der Waals surface area contributed by atoms with E-state index in [1.165, 1.54) is 0 Å². The molecule has 2 N–H and O–H groups in total. The summed E-state index contributed by atoms with van der Waals surface area (Å²) in [5.41, 5.74) is 0.920. The van der Waals surface area contributed by atoms with Crippen molar-refractivity contribution < 1.29 is 14.7 Å². The fourth-order valence-electron chi connectivity index (χ4n) is 0.924. The lowest BCUT2D eigenvalue weighted by molar-refractivity contribution is -0.136. The van der Waals surface area contributed by atoms with Crippen LogP contribution in [0.3, 0.4) is 0 Å². The first-order chi connectivity index (χ1) is 6.06. The second kappa shape index (κ2) is 4.40. The highest BCUT2D eigenvalue weighted by Gasteiger charge is 2.15. The van der Waals surface area contributed by atoms with Crippen molar-refractivity contribution in [1.82, 2.24) is 4.98 Å². The molecule has 1 aromatic rings. The lowest BCUT2D eigenvalue weighted by Gasteiger charge is -1.94. The van der Waals surface area contributed by atoms with Crippen molar-refractivity contribution in [2.75, 3.05) is 0 Å². The fraction of sp³-hybridized carbons (Fsp3) is 0.143. The number of hydrogen-bond donors (Lipinski definition) is 2. The molecule has 1 rings (SSSR count). The first-order valence-electron chi connectivity index (χ1n) is 3.29. The minimum absolute atomic E-state index is 0.119. The van der Waals surface area contributed by atoms with Gasteiger partial charge in [-0.25, -0.2) is 0 Å². The van der Waals surface area contributed by atoms with Gasteiger partial charge >= 0.3 is 5.97 Å². The average molecular weight is 405 g/mol. The van der Waals surface area contributed by atoms with E-state index in [1.54, 1.807) is 0 Å². The van der Waals surface area contributed by atoms with Crippen molar-refractivity contribution in [2.24, 2.45) is 0 Å². The van der Waals surface area contributed by atoms with Crippen molar-refractivity contribution >= 4 is 57.4 Å². The van der Waals surface area contributed by atoms with Crippen LogP contribution in [0.15, 0.2) is 0 Å². The van der Waals surface area contributed by atoms with E-state index < -0.39 is 5.97 Å². The van der Waals surface area contributed by atoms with E-state index in [2.05, 4.69) is 4.98 Å². The Balaban J connectivity index is 3.15. The van der Waals surface area contributed by atoms with Crippen molar-refractivity contribution in [3.8, 4) is 0 Å². The van der Waals surface area contributed by atoms with Gasteiger partial charge in [-0.15, -0.1) is 0 Å². The zero-order valence-corrected chi connectivity index (χ0v) is 10.6. The Bertz CT molecular complexity index is 359. The number of nitrogens with one attached hydrogen (secondary N) is 1. The number of carboxylic acids is 1. The molecule has 0 radical (unpaired) electrons. The van der Waals surface area contributed by atoms with E-state index in [1.807, 2.05) is 45.2 Å². The molecule has 70 valence electrons. The van der Waals surface area contributed by atoms with Crippen LogP contribution in [0.25, 0.3) is 0 Å². The highest BCUT2D eigenvalue weighted by atomic mass is 127. The van der Waals surface area contributed by atoms with Gasteiger partial charge in [0.05, 0.1) is 15.8 Å². The van der Waals surface area contributed by atoms with Gasteiger partial charge in [-0.1, -0.05) is 0 Å². The smallest absolute Gasteiger partial charge is 0.307 e. The molecule has 0 fully saturated rings. The molecule has 0 saturated carbocycles. The highest BCUT2D eigenvalue weighted by Crippen LogP contribution is 2.22. The second-order valence-electron chi connectivity index (χ2n) is 2.33. The summed E-state index contributed by atoms with van der Waals surface area (Å²) in [4.78, 5) is 23.8. The standard InChI is InChI=1S/C7H5I2NO3/c8-6-3(1-5(12)13)4(2-11)10-7(6)9/h2,10H,1H2,(H,12,13). The summed E-state index contributed by atoms with van der Waals surface area (Å²) in [6.07, 6.45) is 0.522. The number of hydrogen-bond acceptors (Lipinski definition) is 2. The molecule has 0 bridgehead atoms. The van der Waals surface area contributed by atoms with Gasteiger partial charge in [0.15, 0.2) is 6.29 Å². The molecule has 4 nitrogen and oxygen atoms in total. The first-order valence-corrected chi connectivity index (χ1v) is 5.44. The fourth-order valence-corrected chi connectivity index (χ4v) is 2.16. The summed E-state index contributed by atoms with van der Waals surface area (Å²) in [5, 5.41) is 8.58. The number of H-pyrrole nitrogens is 1. The normalized spacial score (nSPS) is 10.0. The molecule has 0 spiro atoms. The number of carbonyl (C=O) groups is 2. The van der Waals surface area contributed by atoms with Gasteiger partial charge in [0.25, 0.3) is 0 Å². The predicted molar refractivity (Wildman–Crippen MR) is 63.0 cm³/mol. The zero-order chi connectivity index (χ0) is 10.0. The van der Waals surface area contributed by atoms with Crippen LogP contribution < -0.4 is 0 Å². The van der Waals surface area contributed by atoms with Crippen molar-refractivity contribution in [1.29, 1.82) is 0 Å². The van der Waals surface area contributed by atoms with E-state index in [4.69, 9.17) is 5.11 Å². The molecule has 0 aliphatic carbocycles. The molecule has 0 saturated heterocycles. The molecule has 1 heterocycles. The molecule has 0 atom stereocenters. The second-order valence-corrected chi connectivity index (χ2v) is 4.49. The van der Waals surface area contributed by atoms with E-state index in [9.17, 15) is 9.59 Å². The summed E-state index contributed by atoms with van der Waals surface area (Å²) in [6.45, 7) is 0. The summed E-state index contributed by atoms with van der Waals surface area (Å²) in [7, 11) is 0. The largest absolute Gasteiger partial charge is 0.481 e. The zero-order valence-electron chi connectivity index (χ0n) is 6.30. The summed E-state index contributed by atoms with van der Waals surface area (Å²) >= 11 is 4.05. The third-order valence-electron chi connectivity index (χ3n) is 1.47. The topological polar surface area (TPSA) is 70.2 Å². The molecular formula is C7H5I2NO3. The Hall–Kier alpha value is -0.120. The van der Waals surface area contributed by atoms with Crippen LogP contribution in [0.4, 0.5) is 0 Å². The van der Waals surface area contributed by atoms with Gasteiger partial charge in [-0.2, -0.15) is 0 Å². The minimum atomic E-state index is -0.934. The first kappa shape index (κ1) is 11.0. The number of aromatic amines is 1. The van der Waals surface area contributed by atoms with Crippen LogP contribution in [-0.4, -0.2) is 22.3 Å². The van der Waals surface area contributed by atoms with Crippen molar-refractivity contribution in [3.05, 3.63) is 18.5 Å². The molecule has 0 unspecified atom stereocenters. The van der Waals surface area contributed by atoms with Crippen LogP contribution in [0.5, 0.6) is 0 Å². The van der Waals surface area contributed by atoms with Crippen LogP contribution in [-0.2, 0) is 11.2 Å². The van der Waals surface area contributed by atoms with Crippen molar-refractivity contribution in [2.45, 2.75) is 6.42 Å². The minimum Gasteiger partial charge on any atom is -0.481 e. The van der Waals surface area contributed by atoms with Crippen LogP contribution in [0, 0.1) is 7.27 Å². The predicted octanol–water partition coefficient (Wildman–Crippen LogP) is 1.66. The lowest BCUT2D eigenvalue weighted by Crippen LogP contribution is -2.02. The maximum Gasteiger partial charge on any atom is 0.307 e. The van der Waals surface area contributed by atoms with Gasteiger partial charge < -0.3 is 10.1 Å². The number of rotatable bonds is 3. The van der Waals surface area contributed by atoms with Crippen LogP contribution in [0.1, 0.15) is 16.1 Å². The Morgan fingerprint density at radius 1 is 1.54 bits per heavy atom. The highest BCUT2D eigenvalue weighted by molar-refractivity contribution is 14.1. The third kappa shape index (κ3) is 2.42. The maximum absolute atomic E-state index is 10.5. The molecule has 0 aromatic carbocycles. The molecule has 1 aromatic heterocycles. The van der Waals surface area contributed by atoms with E-state index >= 15 is 0 Å². The number of carboxylic acid groups (broad SMARTS) is 1. The van der Waals surface area contributed by atoms with Gasteiger partial charge in [0, 0.05) is 9.13 Å². The molecular weight excluding hydrogens is 400 g/mol. The van der Waals surface area contributed by atoms with Gasteiger partial charge in [0.2, 0.25) is 0 Å². The molecule has 13 heavy (non-hydrogen) atoms. The van der Waals surface area contributed by atoms with Crippen LogP contribution in [0.2, 0.25) is 0 Å². The van der Waals surface area contributed by atoms with Gasteiger partial charge in [-0.3, -0.25) is 9.59 Å². The summed E-state index contributed by atoms with van der Waals surface area (Å²) in [5.74, 6) is -0.934. The SMILES string of the molecule is O=Cc1[nH]c(I)c(I)c1CC(=O)O. The van der Waals surface area contributed by atoms with Gasteiger partial charge in [-0.05, 0) is 45.2 Å². The van der Waals surface area contributed by atoms with E-state index in [0.717, 1.165) is 7.27 Å². The number of halogens is 2. The van der Waals surface area contributed by atoms with Gasteiger partial charge in [0.1, 0.15) is 0 Å². The summed E-state index contributed by atoms with van der Waals surface area (Å²) < 4.78 is 1.61. The Labute approximate surface area is 101 Å². The lowest BCUT2D eigenvalue weighted by atomic mass is 10.2. The Morgan fingerprint density at radius 3 is 2.62 bits per heavy atom. The number of aliphatic carboxylic acids is 1.